The SMILES string of the molecule is c1cc(-c2ccc3ccccc3c2)cc(-c2cc(-c3ccc(-c4cncc5ccccc45)cc3)nc(-c3ccc(-c4cc5ccccc5c5ccccc45)cc3)n2)c1.c1ccc(-c2ccc(-c3nc(-c4ccc(-c5cncc6ccccc56)cc4)cc(-c4cccc(-c5ccc6ccccc6c5)c4)n3)cc2)cc1. The fraction of sp³-hybridized carbons (Fsp3) is 0. The summed E-state index contributed by atoms with van der Waals surface area (Å²) in [4.78, 5) is 29.9. The second-order valence-electron chi connectivity index (χ2n) is 27.4. The molecule has 0 aliphatic carbocycles. The smallest absolute Gasteiger partial charge is 0.160 e. The van der Waals surface area contributed by atoms with E-state index in [1.165, 1.54) is 76.1 Å². The molecule has 0 fully saturated rings. The molecule has 0 radical (unpaired) electrons. The van der Waals surface area contributed by atoms with E-state index in [0.29, 0.717) is 11.6 Å². The summed E-state index contributed by atoms with van der Waals surface area (Å²) in [6.45, 7) is 0. The van der Waals surface area contributed by atoms with Crippen molar-refractivity contribution < 1.29 is 0 Å². The maximum absolute atomic E-state index is 5.26. The van der Waals surface area contributed by atoms with E-state index in [1.807, 2.05) is 36.9 Å². The molecule has 16 aromatic carbocycles. The van der Waals surface area contributed by atoms with Gasteiger partial charge in [0.15, 0.2) is 11.6 Å². The van der Waals surface area contributed by atoms with Gasteiger partial charge in [-0.15, -0.1) is 0 Å². The first kappa shape index (κ1) is 64.4. The molecule has 0 atom stereocenters. The number of pyridine rings is 2. The third-order valence-electron chi connectivity index (χ3n) is 20.7. The van der Waals surface area contributed by atoms with Crippen LogP contribution in [0, 0.1) is 0 Å². The minimum absolute atomic E-state index is 0.681. The molecule has 504 valence electrons. The molecule has 0 aliphatic rings. The molecule has 0 spiro atoms. The highest BCUT2D eigenvalue weighted by molar-refractivity contribution is 6.14. The van der Waals surface area contributed by atoms with Gasteiger partial charge in [-0.05, 0) is 152 Å². The highest BCUT2D eigenvalue weighted by atomic mass is 14.9. The van der Waals surface area contributed by atoms with Crippen LogP contribution in [0.2, 0.25) is 0 Å². The Hall–Kier alpha value is -14.5. The number of fused-ring (bicyclic) bond motifs is 7. The average Bonchev–Trinajstić information content (AvgIpc) is 0.769. The lowest BCUT2D eigenvalue weighted by atomic mass is 9.93. The van der Waals surface area contributed by atoms with E-state index >= 15 is 0 Å². The van der Waals surface area contributed by atoms with E-state index in [9.17, 15) is 0 Å². The molecule has 0 bridgehead atoms. The molecule has 0 saturated carbocycles. The first-order valence-electron chi connectivity index (χ1n) is 36.5. The summed E-state index contributed by atoms with van der Waals surface area (Å²) in [7, 11) is 0. The van der Waals surface area contributed by atoms with Gasteiger partial charge >= 0.3 is 0 Å². The van der Waals surface area contributed by atoms with Gasteiger partial charge in [0.25, 0.3) is 0 Å². The van der Waals surface area contributed by atoms with Gasteiger partial charge < -0.3 is 0 Å². The molecule has 108 heavy (non-hydrogen) atoms. The van der Waals surface area contributed by atoms with Gasteiger partial charge in [0.2, 0.25) is 0 Å². The largest absolute Gasteiger partial charge is 0.263 e. The maximum atomic E-state index is 5.26. The van der Waals surface area contributed by atoms with E-state index in [-0.39, 0.29) is 0 Å². The Kier molecular flexibility index (Phi) is 16.9. The van der Waals surface area contributed by atoms with Crippen LogP contribution in [0.1, 0.15) is 0 Å². The summed E-state index contributed by atoms with van der Waals surface area (Å²) >= 11 is 0. The van der Waals surface area contributed by atoms with E-state index in [0.717, 1.165) is 111 Å². The summed E-state index contributed by atoms with van der Waals surface area (Å²) in [5.74, 6) is 1.37. The third kappa shape index (κ3) is 12.9. The first-order valence-corrected chi connectivity index (χ1v) is 36.5. The second-order valence-corrected chi connectivity index (χ2v) is 27.4. The zero-order valence-electron chi connectivity index (χ0n) is 58.8. The summed E-state index contributed by atoms with van der Waals surface area (Å²) in [5.41, 5.74) is 23.3. The molecule has 6 heteroatoms. The Labute approximate surface area is 626 Å². The quantitative estimate of drug-likeness (QED) is 0.113. The van der Waals surface area contributed by atoms with Crippen LogP contribution in [0.4, 0.5) is 0 Å². The molecule has 20 rings (SSSR count). The third-order valence-corrected chi connectivity index (χ3v) is 20.7. The van der Waals surface area contributed by atoms with Crippen molar-refractivity contribution in [1.82, 2.24) is 29.9 Å². The van der Waals surface area contributed by atoms with Crippen LogP contribution in [-0.2, 0) is 0 Å². The minimum Gasteiger partial charge on any atom is -0.263 e. The zero-order chi connectivity index (χ0) is 71.7. The van der Waals surface area contributed by atoms with E-state index < -0.39 is 0 Å². The van der Waals surface area contributed by atoms with Gasteiger partial charge in [-0.3, -0.25) is 9.97 Å². The number of rotatable bonds is 12. The molecule has 0 N–H and O–H groups in total. The molecule has 6 nitrogen and oxygen atoms in total. The standard InChI is InChI=1S/C55H35N3.C47H31N3/c1-2-11-41-30-43(29-20-36(41)10-1)42-14-9-15-45(31-42)54-33-53(39-25-21-38(22-26-39)52-35-56-34-46-13-4-6-17-48(46)52)57-55(58-54)40-27-23-37(24-28-40)51-32-44-12-3-5-16-47(44)49-18-7-8-19-50(49)51;1-2-9-32(10-3-1)34-17-24-37(25-18-34)47-49-45(36-22-20-35(21-23-36)44-31-48-30-42-13-6-7-16-43(42)44)29-46(50-47)41-15-8-14-39(28-41)40-26-19-33-11-4-5-12-38(33)27-40/h1-35H;1-31H. The van der Waals surface area contributed by atoms with Crippen molar-refractivity contribution in [2.24, 2.45) is 0 Å². The highest BCUT2D eigenvalue weighted by Gasteiger charge is 2.18. The van der Waals surface area contributed by atoms with Crippen molar-refractivity contribution in [3.8, 4) is 135 Å². The predicted octanol–water partition coefficient (Wildman–Crippen LogP) is 26.7. The van der Waals surface area contributed by atoms with E-state index in [1.54, 1.807) is 0 Å². The second kappa shape index (κ2) is 28.3. The molecule has 4 heterocycles. The predicted molar refractivity (Wildman–Crippen MR) is 450 cm³/mol. The van der Waals surface area contributed by atoms with Crippen molar-refractivity contribution >= 4 is 64.6 Å². The first-order chi connectivity index (χ1) is 53.5. The van der Waals surface area contributed by atoms with Crippen LogP contribution in [0.25, 0.3) is 199 Å². The van der Waals surface area contributed by atoms with Gasteiger partial charge in [0.1, 0.15) is 0 Å². The number of aromatic nitrogens is 6. The van der Waals surface area contributed by atoms with Crippen LogP contribution >= 0.6 is 0 Å². The average molecular weight is 1380 g/mol. The Bertz CT molecular complexity index is 6760. The van der Waals surface area contributed by atoms with Crippen molar-refractivity contribution in [2.75, 3.05) is 0 Å². The van der Waals surface area contributed by atoms with Gasteiger partial charge in [-0.1, -0.05) is 334 Å². The van der Waals surface area contributed by atoms with Crippen molar-refractivity contribution in [3.05, 3.63) is 401 Å². The molecule has 20 aromatic rings. The summed E-state index contributed by atoms with van der Waals surface area (Å²) in [6, 6.07) is 133. The Balaban J connectivity index is 0.000000149. The fourth-order valence-electron chi connectivity index (χ4n) is 15.1. The lowest BCUT2D eigenvalue weighted by Crippen LogP contribution is -1.96. The van der Waals surface area contributed by atoms with Gasteiger partial charge in [-0.2, -0.15) is 0 Å². The summed E-state index contributed by atoms with van der Waals surface area (Å²) in [6.07, 6.45) is 7.73. The van der Waals surface area contributed by atoms with Crippen LogP contribution in [0.5, 0.6) is 0 Å². The normalized spacial score (nSPS) is 11.3. The van der Waals surface area contributed by atoms with E-state index in [4.69, 9.17) is 19.9 Å². The Morgan fingerprint density at radius 2 is 0.454 bits per heavy atom. The molecule has 0 saturated heterocycles. The minimum atomic E-state index is 0.681. The lowest BCUT2D eigenvalue weighted by molar-refractivity contribution is 1.18. The monoisotopic (exact) mass is 1370 g/mol. The Morgan fingerprint density at radius 1 is 0.139 bits per heavy atom. The Morgan fingerprint density at radius 3 is 0.935 bits per heavy atom. The molecular formula is C102H66N6. The van der Waals surface area contributed by atoms with Gasteiger partial charge in [0.05, 0.1) is 22.8 Å². The van der Waals surface area contributed by atoms with Crippen LogP contribution < -0.4 is 0 Å². The molecule has 0 aliphatic heterocycles. The van der Waals surface area contributed by atoms with Gasteiger partial charge in [0, 0.05) is 80.1 Å². The van der Waals surface area contributed by atoms with Crippen molar-refractivity contribution in [2.45, 2.75) is 0 Å². The van der Waals surface area contributed by atoms with Crippen LogP contribution in [0.15, 0.2) is 401 Å². The summed E-state index contributed by atoms with van der Waals surface area (Å²) < 4.78 is 0. The molecule has 0 amide bonds. The number of nitrogens with zero attached hydrogens (tertiary/aromatic N) is 6. The highest BCUT2D eigenvalue weighted by Crippen LogP contribution is 2.40. The van der Waals surface area contributed by atoms with Crippen molar-refractivity contribution in [1.29, 1.82) is 0 Å². The summed E-state index contributed by atoms with van der Waals surface area (Å²) in [5, 5.41) is 14.5. The lowest BCUT2D eigenvalue weighted by Gasteiger charge is -2.13. The molecule has 0 unspecified atom stereocenters. The topological polar surface area (TPSA) is 77.3 Å². The van der Waals surface area contributed by atoms with Crippen molar-refractivity contribution in [3.63, 3.8) is 0 Å². The molecule has 4 aromatic heterocycles. The maximum Gasteiger partial charge on any atom is 0.160 e. The number of hydrogen-bond donors (Lipinski definition) is 0. The van der Waals surface area contributed by atoms with Crippen LogP contribution in [-0.4, -0.2) is 29.9 Å². The fourth-order valence-corrected chi connectivity index (χ4v) is 15.1. The van der Waals surface area contributed by atoms with E-state index in [2.05, 4.69) is 374 Å². The zero-order valence-corrected chi connectivity index (χ0v) is 58.8. The van der Waals surface area contributed by atoms with Gasteiger partial charge in [-0.25, -0.2) is 19.9 Å². The van der Waals surface area contributed by atoms with Crippen LogP contribution in [0.3, 0.4) is 0 Å². The molecular weight excluding hydrogens is 1310 g/mol. The number of benzene rings is 16. The number of hydrogen-bond acceptors (Lipinski definition) is 6.